The Morgan fingerprint density at radius 3 is 2.43 bits per heavy atom. The fourth-order valence-corrected chi connectivity index (χ4v) is 2.11. The summed E-state index contributed by atoms with van der Waals surface area (Å²) in [6, 6.07) is 13.4. The van der Waals surface area contributed by atoms with Crippen LogP contribution in [0.2, 0.25) is 0 Å². The summed E-state index contributed by atoms with van der Waals surface area (Å²) in [6.07, 6.45) is 0. The molecule has 2 rings (SSSR count). The van der Waals surface area contributed by atoms with E-state index in [1.165, 1.54) is 6.92 Å². The fraction of sp³-hybridized carbons (Fsp3) is 0.176. The zero-order valence-electron chi connectivity index (χ0n) is 13.1. The van der Waals surface area contributed by atoms with Crippen molar-refractivity contribution in [3.8, 4) is 5.75 Å². The maximum atomic E-state index is 12.3. The maximum Gasteiger partial charge on any atom is 0.329 e. The molecule has 0 heterocycles. The second kappa shape index (κ2) is 7.31. The van der Waals surface area contributed by atoms with E-state index < -0.39 is 6.03 Å². The van der Waals surface area contributed by atoms with Crippen LogP contribution in [0.4, 0.5) is 16.2 Å². The molecule has 0 saturated heterocycles. The molecule has 0 fully saturated rings. The molecule has 0 aliphatic heterocycles. The Balaban J connectivity index is 2.08. The molecule has 0 unspecified atom stereocenters. The predicted octanol–water partition coefficient (Wildman–Crippen LogP) is 2.54. The number of carbonyl (C=O) groups excluding carboxylic acids is 2. The van der Waals surface area contributed by atoms with Gasteiger partial charge in [-0.05, 0) is 35.9 Å². The van der Waals surface area contributed by atoms with Gasteiger partial charge in [0.2, 0.25) is 5.91 Å². The zero-order valence-corrected chi connectivity index (χ0v) is 13.1. The Bertz CT molecular complexity index is 698. The molecule has 0 bridgehead atoms. The molecule has 2 aromatic carbocycles. The highest BCUT2D eigenvalue weighted by Gasteiger charge is 2.19. The summed E-state index contributed by atoms with van der Waals surface area (Å²) in [6.45, 7) is 1.63. The smallest absolute Gasteiger partial charge is 0.329 e. The monoisotopic (exact) mass is 313 g/mol. The van der Waals surface area contributed by atoms with Gasteiger partial charge < -0.3 is 15.8 Å². The molecule has 0 saturated carbocycles. The van der Waals surface area contributed by atoms with Gasteiger partial charge in [0, 0.05) is 19.2 Å². The first-order valence-corrected chi connectivity index (χ1v) is 7.08. The number of rotatable bonds is 4. The van der Waals surface area contributed by atoms with Crippen molar-refractivity contribution in [1.82, 2.24) is 5.32 Å². The van der Waals surface area contributed by atoms with Crippen LogP contribution in [0.1, 0.15) is 12.5 Å². The van der Waals surface area contributed by atoms with E-state index in [-0.39, 0.29) is 5.91 Å². The Kier molecular flexibility index (Phi) is 5.19. The number of hydrogen-bond donors (Lipinski definition) is 2. The van der Waals surface area contributed by atoms with E-state index in [9.17, 15) is 9.59 Å². The highest BCUT2D eigenvalue weighted by molar-refractivity contribution is 6.13. The number of carbonyl (C=O) groups is 2. The standard InChI is InChI=1S/C17H19N3O3/c1-12(21)20(15-5-3-4-14(18)10-15)17(22)19-11-13-6-8-16(23-2)9-7-13/h3-10H,11,18H2,1-2H3,(H,19,22). The number of nitrogens with zero attached hydrogens (tertiary/aromatic N) is 1. The van der Waals surface area contributed by atoms with Crippen LogP contribution in [0, 0.1) is 0 Å². The van der Waals surface area contributed by atoms with Crippen molar-refractivity contribution in [2.75, 3.05) is 17.7 Å². The highest BCUT2D eigenvalue weighted by Crippen LogP contribution is 2.18. The molecule has 3 N–H and O–H groups in total. The van der Waals surface area contributed by atoms with E-state index in [0.29, 0.717) is 17.9 Å². The lowest BCUT2D eigenvalue weighted by atomic mass is 10.2. The predicted molar refractivity (Wildman–Crippen MR) is 89.2 cm³/mol. The first-order chi connectivity index (χ1) is 11.0. The van der Waals surface area contributed by atoms with Gasteiger partial charge in [0.05, 0.1) is 12.8 Å². The van der Waals surface area contributed by atoms with Gasteiger partial charge >= 0.3 is 6.03 Å². The molecule has 3 amide bonds. The first-order valence-electron chi connectivity index (χ1n) is 7.08. The third-order valence-corrected chi connectivity index (χ3v) is 3.25. The molecule has 0 aromatic heterocycles. The van der Waals surface area contributed by atoms with Gasteiger partial charge in [-0.25, -0.2) is 9.69 Å². The van der Waals surface area contributed by atoms with Gasteiger partial charge in [-0.2, -0.15) is 0 Å². The lowest BCUT2D eigenvalue weighted by Crippen LogP contribution is -2.42. The van der Waals surface area contributed by atoms with Gasteiger partial charge in [-0.3, -0.25) is 4.79 Å². The van der Waals surface area contributed by atoms with Gasteiger partial charge in [0.15, 0.2) is 0 Å². The topological polar surface area (TPSA) is 84.7 Å². The van der Waals surface area contributed by atoms with Gasteiger partial charge in [-0.1, -0.05) is 18.2 Å². The summed E-state index contributed by atoms with van der Waals surface area (Å²) in [5.41, 5.74) is 7.52. The molecule has 0 aliphatic carbocycles. The SMILES string of the molecule is COc1ccc(CNC(=O)N(C(C)=O)c2cccc(N)c2)cc1. The number of amides is 3. The molecule has 0 radical (unpaired) electrons. The van der Waals surface area contributed by atoms with E-state index in [1.807, 2.05) is 24.3 Å². The average Bonchev–Trinajstić information content (AvgIpc) is 2.53. The lowest BCUT2D eigenvalue weighted by molar-refractivity contribution is -0.115. The minimum absolute atomic E-state index is 0.301. The Hall–Kier alpha value is -3.02. The van der Waals surface area contributed by atoms with Crippen LogP contribution >= 0.6 is 0 Å². The fourth-order valence-electron chi connectivity index (χ4n) is 2.11. The number of nitrogens with two attached hydrogens (primary N) is 1. The number of ether oxygens (including phenoxy) is 1. The Labute approximate surface area is 134 Å². The summed E-state index contributed by atoms with van der Waals surface area (Å²) in [4.78, 5) is 25.2. The van der Waals surface area contributed by atoms with E-state index in [0.717, 1.165) is 16.2 Å². The molecule has 2 aromatic rings. The van der Waals surface area contributed by atoms with Crippen LogP contribution in [-0.4, -0.2) is 19.0 Å². The second-order valence-corrected chi connectivity index (χ2v) is 4.96. The second-order valence-electron chi connectivity index (χ2n) is 4.96. The molecule has 6 nitrogen and oxygen atoms in total. The van der Waals surface area contributed by atoms with Crippen molar-refractivity contribution in [2.45, 2.75) is 13.5 Å². The van der Waals surface area contributed by atoms with Crippen molar-refractivity contribution in [3.63, 3.8) is 0 Å². The van der Waals surface area contributed by atoms with Crippen LogP contribution in [0.5, 0.6) is 5.75 Å². The van der Waals surface area contributed by atoms with E-state index in [2.05, 4.69) is 5.32 Å². The highest BCUT2D eigenvalue weighted by atomic mass is 16.5. The van der Waals surface area contributed by atoms with Crippen molar-refractivity contribution in [1.29, 1.82) is 0 Å². The van der Waals surface area contributed by atoms with Crippen LogP contribution in [0.3, 0.4) is 0 Å². The normalized spacial score (nSPS) is 10.0. The van der Waals surface area contributed by atoms with E-state index in [1.54, 1.807) is 31.4 Å². The van der Waals surface area contributed by atoms with Gasteiger partial charge in [-0.15, -0.1) is 0 Å². The number of methoxy groups -OCH3 is 1. The number of urea groups is 1. The van der Waals surface area contributed by atoms with Crippen molar-refractivity contribution < 1.29 is 14.3 Å². The van der Waals surface area contributed by atoms with Crippen LogP contribution < -0.4 is 20.7 Å². The molecule has 0 atom stereocenters. The first kappa shape index (κ1) is 16.4. The summed E-state index contributed by atoms with van der Waals surface area (Å²) in [5, 5.41) is 2.72. The van der Waals surface area contributed by atoms with Crippen molar-refractivity contribution >= 4 is 23.3 Å². The quantitative estimate of drug-likeness (QED) is 0.850. The molecular formula is C17H19N3O3. The van der Waals surface area contributed by atoms with Crippen molar-refractivity contribution in [3.05, 3.63) is 54.1 Å². The summed E-state index contributed by atoms with van der Waals surface area (Å²) in [7, 11) is 1.59. The Morgan fingerprint density at radius 1 is 1.17 bits per heavy atom. The molecule has 23 heavy (non-hydrogen) atoms. The number of nitrogen functional groups attached to an aromatic ring is 1. The third kappa shape index (κ3) is 4.23. The number of hydrogen-bond acceptors (Lipinski definition) is 4. The largest absolute Gasteiger partial charge is 0.497 e. The third-order valence-electron chi connectivity index (χ3n) is 3.25. The van der Waals surface area contributed by atoms with Crippen molar-refractivity contribution in [2.24, 2.45) is 0 Å². The zero-order chi connectivity index (χ0) is 16.8. The summed E-state index contributed by atoms with van der Waals surface area (Å²) < 4.78 is 5.08. The maximum absolute atomic E-state index is 12.3. The van der Waals surface area contributed by atoms with Crippen LogP contribution in [0.25, 0.3) is 0 Å². The van der Waals surface area contributed by atoms with E-state index >= 15 is 0 Å². The number of benzene rings is 2. The number of imide groups is 1. The molecule has 120 valence electrons. The van der Waals surface area contributed by atoms with Crippen LogP contribution in [0.15, 0.2) is 48.5 Å². The minimum Gasteiger partial charge on any atom is -0.497 e. The van der Waals surface area contributed by atoms with Crippen LogP contribution in [-0.2, 0) is 11.3 Å². The number of anilines is 2. The molecule has 6 heteroatoms. The summed E-state index contributed by atoms with van der Waals surface area (Å²) >= 11 is 0. The molecule has 0 spiro atoms. The molecule has 0 aliphatic rings. The number of nitrogens with one attached hydrogen (secondary N) is 1. The molecular weight excluding hydrogens is 294 g/mol. The van der Waals surface area contributed by atoms with E-state index in [4.69, 9.17) is 10.5 Å². The van der Waals surface area contributed by atoms with Gasteiger partial charge in [0.1, 0.15) is 5.75 Å². The Morgan fingerprint density at radius 2 is 1.87 bits per heavy atom. The minimum atomic E-state index is -0.501. The lowest BCUT2D eigenvalue weighted by Gasteiger charge is -2.20. The summed E-state index contributed by atoms with van der Waals surface area (Å²) in [5.74, 6) is 0.355. The average molecular weight is 313 g/mol. The van der Waals surface area contributed by atoms with Gasteiger partial charge in [0.25, 0.3) is 0 Å².